The lowest BCUT2D eigenvalue weighted by Crippen LogP contribution is -2.06. The first-order valence-electron chi connectivity index (χ1n) is 11.0. The number of ether oxygens (including phenoxy) is 1. The first-order valence-corrected chi connectivity index (χ1v) is 11.0. The van der Waals surface area contributed by atoms with Gasteiger partial charge in [-0.25, -0.2) is 4.79 Å². The van der Waals surface area contributed by atoms with Crippen LogP contribution in [-0.2, 0) is 4.74 Å². The van der Waals surface area contributed by atoms with Gasteiger partial charge in [0.05, 0.1) is 12.2 Å². The van der Waals surface area contributed by atoms with Crippen molar-refractivity contribution in [3.63, 3.8) is 0 Å². The minimum absolute atomic E-state index is 0.216. The summed E-state index contributed by atoms with van der Waals surface area (Å²) in [6.07, 6.45) is 12.8. The predicted octanol–water partition coefficient (Wildman–Crippen LogP) is 7.74. The molecular weight excluding hydrogens is 344 g/mol. The number of aryl methyl sites for hydroxylation is 1. The maximum Gasteiger partial charge on any atom is 0.338 e. The molecule has 0 heterocycles. The molecule has 0 fully saturated rings. The minimum Gasteiger partial charge on any atom is -0.462 e. The van der Waals surface area contributed by atoms with Crippen LogP contribution in [-0.4, -0.2) is 12.6 Å². The van der Waals surface area contributed by atoms with Gasteiger partial charge in [-0.05, 0) is 36.6 Å². The van der Waals surface area contributed by atoms with E-state index < -0.39 is 0 Å². The second kappa shape index (κ2) is 13.1. The highest BCUT2D eigenvalue weighted by molar-refractivity contribution is 5.90. The fourth-order valence-corrected chi connectivity index (χ4v) is 3.38. The second-order valence-electron chi connectivity index (χ2n) is 7.76. The highest BCUT2D eigenvalue weighted by Gasteiger charge is 2.07. The molecule has 0 aliphatic heterocycles. The Bertz CT molecular complexity index is 671. The van der Waals surface area contributed by atoms with Crippen LogP contribution in [0.2, 0.25) is 0 Å². The Morgan fingerprint density at radius 3 is 1.68 bits per heavy atom. The fraction of sp³-hybridized carbons (Fsp3) is 0.500. The largest absolute Gasteiger partial charge is 0.462 e. The molecule has 2 heteroatoms. The summed E-state index contributed by atoms with van der Waals surface area (Å²) < 4.78 is 5.42. The Hall–Kier alpha value is -2.09. The van der Waals surface area contributed by atoms with Crippen molar-refractivity contribution in [3.05, 3.63) is 59.7 Å². The molecule has 0 amide bonds. The molecule has 28 heavy (non-hydrogen) atoms. The van der Waals surface area contributed by atoms with E-state index in [2.05, 4.69) is 38.1 Å². The first-order chi connectivity index (χ1) is 13.7. The molecule has 0 bridgehead atoms. The van der Waals surface area contributed by atoms with Gasteiger partial charge in [-0.2, -0.15) is 0 Å². The number of esters is 1. The molecule has 0 aliphatic carbocycles. The first kappa shape index (κ1) is 22.2. The molecule has 0 saturated carbocycles. The zero-order chi connectivity index (χ0) is 20.0. The van der Waals surface area contributed by atoms with Crippen molar-refractivity contribution < 1.29 is 9.53 Å². The van der Waals surface area contributed by atoms with Crippen molar-refractivity contribution in [1.82, 2.24) is 0 Å². The van der Waals surface area contributed by atoms with Gasteiger partial charge in [0.15, 0.2) is 0 Å². The van der Waals surface area contributed by atoms with E-state index in [0.717, 1.165) is 24.0 Å². The average Bonchev–Trinajstić information content (AvgIpc) is 2.72. The predicted molar refractivity (Wildman–Crippen MR) is 119 cm³/mol. The zero-order valence-corrected chi connectivity index (χ0v) is 17.7. The third-order valence-electron chi connectivity index (χ3n) is 5.24. The molecule has 0 saturated heterocycles. The molecule has 2 aromatic carbocycles. The molecule has 0 N–H and O–H groups in total. The highest BCUT2D eigenvalue weighted by atomic mass is 16.5. The Kier molecular flexibility index (Phi) is 10.4. The molecule has 2 nitrogen and oxygen atoms in total. The van der Waals surface area contributed by atoms with Crippen molar-refractivity contribution in [3.8, 4) is 11.1 Å². The summed E-state index contributed by atoms with van der Waals surface area (Å²) in [5.41, 5.74) is 4.15. The van der Waals surface area contributed by atoms with Crippen molar-refractivity contribution >= 4 is 5.97 Å². The van der Waals surface area contributed by atoms with Gasteiger partial charge in [0.1, 0.15) is 0 Å². The molecule has 0 aromatic heterocycles. The SMILES string of the molecule is CCCCCCCCCCCCOC(=O)c1ccc(-c2ccc(C)cc2)cc1. The van der Waals surface area contributed by atoms with Gasteiger partial charge < -0.3 is 4.74 Å². The van der Waals surface area contributed by atoms with Gasteiger partial charge in [-0.1, -0.05) is 107 Å². The van der Waals surface area contributed by atoms with Crippen LogP contribution in [0, 0.1) is 6.92 Å². The fourth-order valence-electron chi connectivity index (χ4n) is 3.38. The van der Waals surface area contributed by atoms with E-state index in [1.165, 1.54) is 56.9 Å². The molecule has 152 valence electrons. The molecule has 2 rings (SSSR count). The molecule has 0 spiro atoms. The Balaban J connectivity index is 1.58. The van der Waals surface area contributed by atoms with Gasteiger partial charge in [-0.3, -0.25) is 0 Å². The van der Waals surface area contributed by atoms with Gasteiger partial charge in [0.2, 0.25) is 0 Å². The smallest absolute Gasteiger partial charge is 0.338 e. The number of hydrogen-bond donors (Lipinski definition) is 0. The lowest BCUT2D eigenvalue weighted by Gasteiger charge is -2.07. The zero-order valence-electron chi connectivity index (χ0n) is 17.7. The number of unbranched alkanes of at least 4 members (excludes halogenated alkanes) is 9. The maximum atomic E-state index is 12.2. The second-order valence-corrected chi connectivity index (χ2v) is 7.76. The monoisotopic (exact) mass is 380 g/mol. The standard InChI is InChI=1S/C26H36O2/c1-3-4-5-6-7-8-9-10-11-12-21-28-26(27)25-19-17-24(18-20-25)23-15-13-22(2)14-16-23/h13-20H,3-12,21H2,1-2H3. The van der Waals surface area contributed by atoms with E-state index in [4.69, 9.17) is 4.74 Å². The van der Waals surface area contributed by atoms with Crippen LogP contribution in [0.1, 0.15) is 87.1 Å². The van der Waals surface area contributed by atoms with Crippen molar-refractivity contribution in [2.45, 2.75) is 78.1 Å². The topological polar surface area (TPSA) is 26.3 Å². The Morgan fingerprint density at radius 2 is 1.14 bits per heavy atom. The third kappa shape index (κ3) is 8.29. The quantitative estimate of drug-likeness (QED) is 0.262. The van der Waals surface area contributed by atoms with E-state index in [1.54, 1.807) is 0 Å². The van der Waals surface area contributed by atoms with E-state index in [0.29, 0.717) is 12.2 Å². The number of carbonyl (C=O) groups is 1. The highest BCUT2D eigenvalue weighted by Crippen LogP contribution is 2.20. The third-order valence-corrected chi connectivity index (χ3v) is 5.24. The van der Waals surface area contributed by atoms with E-state index >= 15 is 0 Å². The molecular formula is C26H36O2. The summed E-state index contributed by atoms with van der Waals surface area (Å²) in [6, 6.07) is 16.1. The van der Waals surface area contributed by atoms with Crippen LogP contribution in [0.3, 0.4) is 0 Å². The summed E-state index contributed by atoms with van der Waals surface area (Å²) in [4.78, 5) is 12.2. The van der Waals surface area contributed by atoms with E-state index in [9.17, 15) is 4.79 Å². The number of carbonyl (C=O) groups excluding carboxylic acids is 1. The molecule has 0 unspecified atom stereocenters. The van der Waals surface area contributed by atoms with Gasteiger partial charge in [0.25, 0.3) is 0 Å². The molecule has 0 radical (unpaired) electrons. The average molecular weight is 381 g/mol. The van der Waals surface area contributed by atoms with E-state index in [-0.39, 0.29) is 5.97 Å². The maximum absolute atomic E-state index is 12.2. The number of benzene rings is 2. The summed E-state index contributed by atoms with van der Waals surface area (Å²) in [6.45, 7) is 4.86. The van der Waals surface area contributed by atoms with Crippen LogP contribution < -0.4 is 0 Å². The van der Waals surface area contributed by atoms with Crippen molar-refractivity contribution in [2.75, 3.05) is 6.61 Å². The van der Waals surface area contributed by atoms with Crippen LogP contribution >= 0.6 is 0 Å². The summed E-state index contributed by atoms with van der Waals surface area (Å²) in [5, 5.41) is 0. The molecule has 0 atom stereocenters. The van der Waals surface area contributed by atoms with Crippen LogP contribution in [0.25, 0.3) is 11.1 Å². The van der Waals surface area contributed by atoms with Crippen LogP contribution in [0.4, 0.5) is 0 Å². The van der Waals surface area contributed by atoms with Crippen LogP contribution in [0.15, 0.2) is 48.5 Å². The van der Waals surface area contributed by atoms with Gasteiger partial charge in [-0.15, -0.1) is 0 Å². The van der Waals surface area contributed by atoms with E-state index in [1.807, 2.05) is 24.3 Å². The minimum atomic E-state index is -0.216. The lowest BCUT2D eigenvalue weighted by molar-refractivity contribution is 0.0497. The summed E-state index contributed by atoms with van der Waals surface area (Å²) >= 11 is 0. The molecule has 2 aromatic rings. The number of rotatable bonds is 13. The van der Waals surface area contributed by atoms with Crippen LogP contribution in [0.5, 0.6) is 0 Å². The number of hydrogen-bond acceptors (Lipinski definition) is 2. The lowest BCUT2D eigenvalue weighted by atomic mass is 10.0. The van der Waals surface area contributed by atoms with Gasteiger partial charge in [0, 0.05) is 0 Å². The molecule has 0 aliphatic rings. The van der Waals surface area contributed by atoms with Crippen molar-refractivity contribution in [2.24, 2.45) is 0 Å². The Labute approximate surface area is 171 Å². The normalized spacial score (nSPS) is 10.8. The summed E-state index contributed by atoms with van der Waals surface area (Å²) in [7, 11) is 0. The Morgan fingerprint density at radius 1 is 0.679 bits per heavy atom. The van der Waals surface area contributed by atoms with Gasteiger partial charge >= 0.3 is 5.97 Å². The summed E-state index contributed by atoms with van der Waals surface area (Å²) in [5.74, 6) is -0.216. The van der Waals surface area contributed by atoms with Crippen molar-refractivity contribution in [1.29, 1.82) is 0 Å².